The summed E-state index contributed by atoms with van der Waals surface area (Å²) < 4.78 is 5.12. The first-order valence-electron chi connectivity index (χ1n) is 9.45. The van der Waals surface area contributed by atoms with Gasteiger partial charge < -0.3 is 9.64 Å². The molecular weight excluding hydrogens is 326 g/mol. The first kappa shape index (κ1) is 17.2. The predicted molar refractivity (Wildman–Crippen MR) is 99.8 cm³/mol. The Hall–Kier alpha value is -2.27. The van der Waals surface area contributed by atoms with Crippen molar-refractivity contribution in [3.05, 3.63) is 47.3 Å². The number of ether oxygens (including phenoxy) is 1. The average molecular weight is 351 g/mol. The van der Waals surface area contributed by atoms with Crippen LogP contribution in [0.15, 0.2) is 30.3 Å². The molecule has 5 nitrogen and oxygen atoms in total. The second-order valence-electron chi connectivity index (χ2n) is 7.25. The van der Waals surface area contributed by atoms with Gasteiger partial charge >= 0.3 is 0 Å². The number of rotatable bonds is 6. The third kappa shape index (κ3) is 3.49. The standard InChI is InChI=1S/C21H25N3O2/c1-26-11-10-24-14-15(13-20(24)25)12-19-17-8-5-9-18(17)22-21(23-19)16-6-3-2-4-7-16/h2-4,6-7,15H,5,8-14H2,1H3. The summed E-state index contributed by atoms with van der Waals surface area (Å²) in [5.74, 6) is 1.39. The van der Waals surface area contributed by atoms with Gasteiger partial charge in [-0.2, -0.15) is 0 Å². The van der Waals surface area contributed by atoms with E-state index in [0.717, 1.165) is 49.3 Å². The molecule has 2 heterocycles. The van der Waals surface area contributed by atoms with E-state index in [9.17, 15) is 4.79 Å². The van der Waals surface area contributed by atoms with E-state index in [-0.39, 0.29) is 5.91 Å². The highest BCUT2D eigenvalue weighted by Crippen LogP contribution is 2.30. The molecule has 4 rings (SSSR count). The number of carbonyl (C=O) groups excluding carboxylic acids is 1. The van der Waals surface area contributed by atoms with Gasteiger partial charge in [-0.05, 0) is 37.2 Å². The summed E-state index contributed by atoms with van der Waals surface area (Å²) in [5.41, 5.74) is 4.74. The zero-order chi connectivity index (χ0) is 17.9. The quantitative estimate of drug-likeness (QED) is 0.803. The van der Waals surface area contributed by atoms with Crippen LogP contribution in [-0.4, -0.2) is 47.6 Å². The van der Waals surface area contributed by atoms with E-state index in [1.165, 1.54) is 11.3 Å². The molecule has 0 radical (unpaired) electrons. The Labute approximate surface area is 154 Å². The second-order valence-corrected chi connectivity index (χ2v) is 7.25. The maximum Gasteiger partial charge on any atom is 0.223 e. The van der Waals surface area contributed by atoms with Crippen LogP contribution in [0, 0.1) is 5.92 Å². The van der Waals surface area contributed by atoms with Crippen molar-refractivity contribution in [1.82, 2.24) is 14.9 Å². The van der Waals surface area contributed by atoms with Gasteiger partial charge in [-0.25, -0.2) is 9.97 Å². The first-order chi connectivity index (χ1) is 12.7. The van der Waals surface area contributed by atoms with Crippen molar-refractivity contribution in [2.24, 2.45) is 5.92 Å². The Morgan fingerprint density at radius 1 is 1.19 bits per heavy atom. The summed E-state index contributed by atoms with van der Waals surface area (Å²) in [7, 11) is 1.67. The lowest BCUT2D eigenvalue weighted by molar-refractivity contribution is -0.128. The predicted octanol–water partition coefficient (Wildman–Crippen LogP) is 2.67. The number of likely N-dealkylation sites (tertiary alicyclic amines) is 1. The summed E-state index contributed by atoms with van der Waals surface area (Å²) in [4.78, 5) is 23.9. The van der Waals surface area contributed by atoms with E-state index in [1.54, 1.807) is 7.11 Å². The number of benzene rings is 1. The zero-order valence-electron chi connectivity index (χ0n) is 15.3. The molecule has 0 spiro atoms. The summed E-state index contributed by atoms with van der Waals surface area (Å²) in [6.07, 6.45) is 4.73. The monoisotopic (exact) mass is 351 g/mol. The minimum absolute atomic E-state index is 0.237. The van der Waals surface area contributed by atoms with Crippen LogP contribution in [0.5, 0.6) is 0 Å². The molecule has 136 valence electrons. The number of nitrogens with zero attached hydrogens (tertiary/aromatic N) is 3. The number of aromatic nitrogens is 2. The number of hydrogen-bond acceptors (Lipinski definition) is 4. The Balaban J connectivity index is 1.57. The largest absolute Gasteiger partial charge is 0.383 e. The highest BCUT2D eigenvalue weighted by Gasteiger charge is 2.31. The summed E-state index contributed by atoms with van der Waals surface area (Å²) in [6.45, 7) is 2.09. The van der Waals surface area contributed by atoms with Crippen molar-refractivity contribution in [3.63, 3.8) is 0 Å². The van der Waals surface area contributed by atoms with Gasteiger partial charge in [0.1, 0.15) is 0 Å². The first-order valence-corrected chi connectivity index (χ1v) is 9.45. The van der Waals surface area contributed by atoms with Crippen molar-refractivity contribution < 1.29 is 9.53 Å². The number of carbonyl (C=O) groups is 1. The molecule has 0 bridgehead atoms. The minimum atomic E-state index is 0.237. The van der Waals surface area contributed by atoms with Gasteiger partial charge in [0, 0.05) is 43.6 Å². The number of aryl methyl sites for hydroxylation is 1. The maximum atomic E-state index is 12.2. The molecular formula is C21H25N3O2. The average Bonchev–Trinajstić information content (AvgIpc) is 3.27. The molecule has 0 N–H and O–H groups in total. The highest BCUT2D eigenvalue weighted by molar-refractivity contribution is 5.78. The van der Waals surface area contributed by atoms with Crippen LogP contribution < -0.4 is 0 Å². The van der Waals surface area contributed by atoms with Crippen LogP contribution in [0.25, 0.3) is 11.4 Å². The molecule has 26 heavy (non-hydrogen) atoms. The van der Waals surface area contributed by atoms with Gasteiger partial charge in [-0.3, -0.25) is 4.79 Å². The maximum absolute atomic E-state index is 12.2. The van der Waals surface area contributed by atoms with Gasteiger partial charge in [0.05, 0.1) is 6.61 Å². The third-order valence-electron chi connectivity index (χ3n) is 5.39. The molecule has 1 aliphatic carbocycles. The van der Waals surface area contributed by atoms with Crippen LogP contribution in [0.1, 0.15) is 29.8 Å². The fraction of sp³-hybridized carbons (Fsp3) is 0.476. The third-order valence-corrected chi connectivity index (χ3v) is 5.39. The Bertz CT molecular complexity index is 791. The fourth-order valence-corrected chi connectivity index (χ4v) is 4.08. The number of methoxy groups -OCH3 is 1. The number of hydrogen-bond donors (Lipinski definition) is 0. The van der Waals surface area contributed by atoms with Crippen molar-refractivity contribution in [2.45, 2.75) is 32.1 Å². The summed E-state index contributed by atoms with van der Waals surface area (Å²) >= 11 is 0. The van der Waals surface area contributed by atoms with E-state index < -0.39 is 0 Å². The van der Waals surface area contributed by atoms with Crippen molar-refractivity contribution >= 4 is 5.91 Å². The van der Waals surface area contributed by atoms with Crippen LogP contribution in [0.3, 0.4) is 0 Å². The molecule has 1 unspecified atom stereocenters. The van der Waals surface area contributed by atoms with Crippen LogP contribution in [-0.2, 0) is 28.8 Å². The van der Waals surface area contributed by atoms with Gasteiger partial charge in [-0.1, -0.05) is 30.3 Å². The van der Waals surface area contributed by atoms with Crippen LogP contribution >= 0.6 is 0 Å². The summed E-state index contributed by atoms with van der Waals surface area (Å²) in [5, 5.41) is 0. The van der Waals surface area contributed by atoms with E-state index in [1.807, 2.05) is 23.1 Å². The molecule has 1 aromatic carbocycles. The molecule has 1 saturated heterocycles. The molecule has 0 saturated carbocycles. The molecule has 2 aromatic rings. The van der Waals surface area contributed by atoms with Crippen molar-refractivity contribution in [1.29, 1.82) is 0 Å². The molecule has 1 amide bonds. The van der Waals surface area contributed by atoms with E-state index >= 15 is 0 Å². The molecule has 1 aromatic heterocycles. The lowest BCUT2D eigenvalue weighted by Gasteiger charge is -2.17. The van der Waals surface area contributed by atoms with E-state index in [4.69, 9.17) is 14.7 Å². The number of amides is 1. The topological polar surface area (TPSA) is 55.3 Å². The molecule has 1 aliphatic heterocycles. The minimum Gasteiger partial charge on any atom is -0.383 e. The van der Waals surface area contributed by atoms with Crippen molar-refractivity contribution in [2.75, 3.05) is 26.8 Å². The Morgan fingerprint density at radius 2 is 2.04 bits per heavy atom. The zero-order valence-corrected chi connectivity index (χ0v) is 15.3. The summed E-state index contributed by atoms with van der Waals surface area (Å²) in [6, 6.07) is 10.2. The van der Waals surface area contributed by atoms with Crippen molar-refractivity contribution in [3.8, 4) is 11.4 Å². The molecule has 5 heteroatoms. The smallest absolute Gasteiger partial charge is 0.223 e. The van der Waals surface area contributed by atoms with Gasteiger partial charge in [0.2, 0.25) is 5.91 Å². The number of fused-ring (bicyclic) bond motifs is 1. The van der Waals surface area contributed by atoms with Crippen LogP contribution in [0.4, 0.5) is 0 Å². The van der Waals surface area contributed by atoms with Crippen LogP contribution in [0.2, 0.25) is 0 Å². The SMILES string of the molecule is COCCN1CC(Cc2nc(-c3ccccc3)nc3c2CCC3)CC1=O. The van der Waals surface area contributed by atoms with E-state index in [0.29, 0.717) is 25.5 Å². The van der Waals surface area contributed by atoms with Gasteiger partial charge in [0.25, 0.3) is 0 Å². The lowest BCUT2D eigenvalue weighted by Crippen LogP contribution is -2.29. The second kappa shape index (κ2) is 7.54. The van der Waals surface area contributed by atoms with E-state index in [2.05, 4.69) is 12.1 Å². The Morgan fingerprint density at radius 3 is 2.85 bits per heavy atom. The molecule has 1 atom stereocenters. The normalized spacial score (nSPS) is 19.2. The lowest BCUT2D eigenvalue weighted by atomic mass is 9.98. The van der Waals surface area contributed by atoms with Gasteiger partial charge in [0.15, 0.2) is 5.82 Å². The Kier molecular flexibility index (Phi) is 4.98. The fourth-order valence-electron chi connectivity index (χ4n) is 4.08. The molecule has 2 aliphatic rings. The molecule has 1 fully saturated rings. The highest BCUT2D eigenvalue weighted by atomic mass is 16.5. The van der Waals surface area contributed by atoms with Gasteiger partial charge in [-0.15, -0.1) is 0 Å².